The number of fused-ring (bicyclic) bond motifs is 1. The van der Waals surface area contributed by atoms with E-state index >= 15 is 0 Å². The first-order valence-corrected chi connectivity index (χ1v) is 8.19. The summed E-state index contributed by atoms with van der Waals surface area (Å²) in [4.78, 5) is 29.3. The van der Waals surface area contributed by atoms with Crippen LogP contribution in [-0.4, -0.2) is 54.0 Å². The topological polar surface area (TPSA) is 101 Å². The fraction of sp³-hybridized carbons (Fsp3) is 0.562. The second-order valence-corrected chi connectivity index (χ2v) is 6.07. The van der Waals surface area contributed by atoms with Gasteiger partial charge in [-0.25, -0.2) is 4.98 Å². The van der Waals surface area contributed by atoms with Gasteiger partial charge in [-0.15, -0.1) is 0 Å². The van der Waals surface area contributed by atoms with Crippen LogP contribution in [0, 0.1) is 0 Å². The van der Waals surface area contributed by atoms with E-state index in [4.69, 9.17) is 4.74 Å². The van der Waals surface area contributed by atoms with Gasteiger partial charge in [-0.05, 0) is 18.9 Å². The number of carbonyl (C=O) groups is 1. The highest BCUT2D eigenvalue weighted by Gasteiger charge is 2.28. The Bertz CT molecular complexity index is 791. The number of aromatic amines is 1. The van der Waals surface area contributed by atoms with Gasteiger partial charge in [0, 0.05) is 45.4 Å². The molecule has 2 aromatic heterocycles. The highest BCUT2D eigenvalue weighted by atomic mass is 16.5. The summed E-state index contributed by atoms with van der Waals surface area (Å²) in [7, 11) is 3.38. The molecule has 0 atom stereocenters. The van der Waals surface area contributed by atoms with Crippen LogP contribution >= 0.6 is 0 Å². The van der Waals surface area contributed by atoms with Crippen LogP contribution < -0.4 is 16.2 Å². The first kappa shape index (κ1) is 16.7. The Morgan fingerprint density at radius 2 is 2.21 bits per heavy atom. The number of methoxy groups -OCH3 is 1. The molecule has 0 aliphatic heterocycles. The zero-order chi connectivity index (χ0) is 17.1. The fourth-order valence-corrected chi connectivity index (χ4v) is 2.70. The summed E-state index contributed by atoms with van der Waals surface area (Å²) in [5, 5.41) is 9.05. The summed E-state index contributed by atoms with van der Waals surface area (Å²) in [5.74, 6) is 0.163. The summed E-state index contributed by atoms with van der Waals surface area (Å²) in [6, 6.07) is 1.77. The summed E-state index contributed by atoms with van der Waals surface area (Å²) >= 11 is 0. The highest BCUT2D eigenvalue weighted by molar-refractivity contribution is 6.05. The lowest BCUT2D eigenvalue weighted by Crippen LogP contribution is -2.33. The molecular formula is C16H23N5O3. The minimum absolute atomic E-state index is 0.241. The third-order valence-electron chi connectivity index (χ3n) is 4.14. The molecule has 1 aliphatic rings. The quantitative estimate of drug-likeness (QED) is 0.595. The molecule has 3 rings (SSSR count). The van der Waals surface area contributed by atoms with E-state index in [0.717, 1.165) is 25.1 Å². The van der Waals surface area contributed by atoms with E-state index in [2.05, 4.69) is 20.7 Å². The van der Waals surface area contributed by atoms with E-state index in [-0.39, 0.29) is 11.5 Å². The first-order valence-electron chi connectivity index (χ1n) is 8.19. The summed E-state index contributed by atoms with van der Waals surface area (Å²) < 4.78 is 6.52. The lowest BCUT2D eigenvalue weighted by Gasteiger charge is -2.09. The maximum Gasteiger partial charge on any atom is 0.274 e. The maximum absolute atomic E-state index is 12.6. The van der Waals surface area contributed by atoms with Gasteiger partial charge in [-0.3, -0.25) is 19.4 Å². The van der Waals surface area contributed by atoms with Gasteiger partial charge in [0.15, 0.2) is 5.65 Å². The Morgan fingerprint density at radius 1 is 1.42 bits per heavy atom. The van der Waals surface area contributed by atoms with Crippen LogP contribution in [-0.2, 0) is 11.8 Å². The smallest absolute Gasteiger partial charge is 0.274 e. The van der Waals surface area contributed by atoms with Crippen LogP contribution in [0.4, 0.5) is 0 Å². The van der Waals surface area contributed by atoms with E-state index < -0.39 is 0 Å². The monoisotopic (exact) mass is 333 g/mol. The molecule has 8 heteroatoms. The van der Waals surface area contributed by atoms with Crippen molar-refractivity contribution < 1.29 is 9.53 Å². The molecule has 3 N–H and O–H groups in total. The first-order chi connectivity index (χ1) is 11.6. The van der Waals surface area contributed by atoms with Crippen LogP contribution in [0.25, 0.3) is 11.0 Å². The number of aromatic nitrogens is 3. The molecule has 1 fully saturated rings. The van der Waals surface area contributed by atoms with E-state index in [1.54, 1.807) is 24.9 Å². The summed E-state index contributed by atoms with van der Waals surface area (Å²) in [6.45, 7) is 2.49. The average molecular weight is 333 g/mol. The molecule has 2 heterocycles. The molecule has 8 nitrogen and oxygen atoms in total. The molecule has 130 valence electrons. The maximum atomic E-state index is 12.6. The van der Waals surface area contributed by atoms with Gasteiger partial charge in [-0.2, -0.15) is 0 Å². The highest BCUT2D eigenvalue weighted by Crippen LogP contribution is 2.39. The number of aryl methyl sites for hydroxylation is 1. The lowest BCUT2D eigenvalue weighted by molar-refractivity contribution is 0.0955. The normalized spacial score (nSPS) is 14.2. The number of ether oxygens (including phenoxy) is 1. The second kappa shape index (κ2) is 7.14. The lowest BCUT2D eigenvalue weighted by atomic mass is 10.1. The Kier molecular flexibility index (Phi) is 4.96. The summed E-state index contributed by atoms with van der Waals surface area (Å²) in [5.41, 5.74) is 1.54. The number of pyridine rings is 1. The minimum Gasteiger partial charge on any atom is -0.383 e. The van der Waals surface area contributed by atoms with E-state index in [1.165, 1.54) is 0 Å². The molecular weight excluding hydrogens is 310 g/mol. The zero-order valence-corrected chi connectivity index (χ0v) is 14.0. The van der Waals surface area contributed by atoms with Gasteiger partial charge >= 0.3 is 0 Å². The van der Waals surface area contributed by atoms with Gasteiger partial charge in [0.1, 0.15) is 0 Å². The van der Waals surface area contributed by atoms with Gasteiger partial charge in [0.25, 0.3) is 11.5 Å². The third-order valence-corrected chi connectivity index (χ3v) is 4.14. The fourth-order valence-electron chi connectivity index (χ4n) is 2.70. The number of H-pyrrole nitrogens is 1. The Balaban J connectivity index is 1.77. The molecule has 1 aliphatic carbocycles. The molecule has 1 saturated carbocycles. The standard InChI is InChI=1S/C16H23N5O3/c1-21-14-13(16(23)20-21)11(9-12(19-14)10-3-4-10)15(22)18-6-5-17-7-8-24-2/h9-10,17H,3-8H2,1-2H3,(H,18,22)(H,20,23). The van der Waals surface area contributed by atoms with Crippen LogP contribution in [0.3, 0.4) is 0 Å². The molecule has 1 amide bonds. The average Bonchev–Trinajstić information content (AvgIpc) is 3.37. The van der Waals surface area contributed by atoms with Crippen LogP contribution in [0.1, 0.15) is 34.8 Å². The molecule has 24 heavy (non-hydrogen) atoms. The SMILES string of the molecule is COCCNCCNC(=O)c1cc(C2CC2)nc2c1c(=O)[nH]n2C. The Labute approximate surface area is 139 Å². The Morgan fingerprint density at radius 3 is 2.92 bits per heavy atom. The van der Waals surface area contributed by atoms with Gasteiger partial charge in [0.2, 0.25) is 0 Å². The summed E-state index contributed by atoms with van der Waals surface area (Å²) in [6.07, 6.45) is 2.17. The van der Waals surface area contributed by atoms with Crippen molar-refractivity contribution in [3.8, 4) is 0 Å². The van der Waals surface area contributed by atoms with E-state index in [9.17, 15) is 9.59 Å². The van der Waals surface area contributed by atoms with Crippen molar-refractivity contribution in [2.45, 2.75) is 18.8 Å². The molecule has 0 radical (unpaired) electrons. The molecule has 2 aromatic rings. The van der Waals surface area contributed by atoms with Crippen molar-refractivity contribution in [2.75, 3.05) is 33.4 Å². The predicted molar refractivity (Wildman–Crippen MR) is 90.4 cm³/mol. The van der Waals surface area contributed by atoms with Crippen molar-refractivity contribution in [1.82, 2.24) is 25.4 Å². The number of hydrogen-bond acceptors (Lipinski definition) is 5. The van der Waals surface area contributed by atoms with Crippen molar-refractivity contribution in [3.63, 3.8) is 0 Å². The van der Waals surface area contributed by atoms with E-state index in [1.807, 2.05) is 0 Å². The Hall–Kier alpha value is -2.19. The van der Waals surface area contributed by atoms with Gasteiger partial charge < -0.3 is 15.4 Å². The molecule has 0 bridgehead atoms. The van der Waals surface area contributed by atoms with Crippen LogP contribution in [0.15, 0.2) is 10.9 Å². The van der Waals surface area contributed by atoms with E-state index in [0.29, 0.717) is 42.2 Å². The number of amides is 1. The van der Waals surface area contributed by atoms with Gasteiger partial charge in [0.05, 0.1) is 17.6 Å². The number of rotatable bonds is 8. The second-order valence-electron chi connectivity index (χ2n) is 6.07. The number of nitrogens with zero attached hydrogens (tertiary/aromatic N) is 2. The third kappa shape index (κ3) is 3.49. The van der Waals surface area contributed by atoms with Crippen LogP contribution in [0.5, 0.6) is 0 Å². The van der Waals surface area contributed by atoms with Gasteiger partial charge in [-0.1, -0.05) is 0 Å². The number of carbonyl (C=O) groups excluding carboxylic acids is 1. The molecule has 0 unspecified atom stereocenters. The predicted octanol–water partition coefficient (Wildman–Crippen LogP) is 0.105. The zero-order valence-electron chi connectivity index (χ0n) is 14.0. The number of hydrogen-bond donors (Lipinski definition) is 3. The van der Waals surface area contributed by atoms with Crippen LogP contribution in [0.2, 0.25) is 0 Å². The number of nitrogens with one attached hydrogen (secondary N) is 3. The largest absolute Gasteiger partial charge is 0.383 e. The van der Waals surface area contributed by atoms with Crippen molar-refractivity contribution in [2.24, 2.45) is 7.05 Å². The van der Waals surface area contributed by atoms with Crippen molar-refractivity contribution in [1.29, 1.82) is 0 Å². The molecule has 0 saturated heterocycles. The minimum atomic E-state index is -0.286. The molecule has 0 aromatic carbocycles. The van der Waals surface area contributed by atoms with Crippen molar-refractivity contribution in [3.05, 3.63) is 27.7 Å². The van der Waals surface area contributed by atoms with Crippen molar-refractivity contribution >= 4 is 16.9 Å². The molecule has 0 spiro atoms.